The van der Waals surface area contributed by atoms with Crippen LogP contribution in [0, 0.1) is 0 Å². The summed E-state index contributed by atoms with van der Waals surface area (Å²) in [5.74, 6) is -3.55. The van der Waals surface area contributed by atoms with Gasteiger partial charge in [-0.05, 0) is 29.7 Å². The maximum atomic E-state index is 12.4. The first-order chi connectivity index (χ1) is 8.77. The van der Waals surface area contributed by atoms with Crippen molar-refractivity contribution < 1.29 is 30.7 Å². The first kappa shape index (κ1) is 15.9. The molecule has 1 aromatic carbocycles. The summed E-state index contributed by atoms with van der Waals surface area (Å²) in [6.45, 7) is -1.87. The van der Waals surface area contributed by atoms with E-state index in [1.54, 1.807) is 6.92 Å². The van der Waals surface area contributed by atoms with Gasteiger partial charge < -0.3 is 4.74 Å². The average Bonchev–Trinajstić information content (AvgIpc) is 2.35. The van der Waals surface area contributed by atoms with Crippen LogP contribution in [0.2, 0.25) is 0 Å². The molecule has 0 bridgehead atoms. The van der Waals surface area contributed by atoms with Crippen LogP contribution in [0.5, 0.6) is 0 Å². The van der Waals surface area contributed by atoms with Gasteiger partial charge in [0.1, 0.15) is 0 Å². The third kappa shape index (κ3) is 4.17. The van der Waals surface area contributed by atoms with Crippen molar-refractivity contribution in [2.75, 3.05) is 0 Å². The zero-order valence-electron chi connectivity index (χ0n) is 9.95. The van der Waals surface area contributed by atoms with E-state index in [9.17, 15) is 26.0 Å². The van der Waals surface area contributed by atoms with Gasteiger partial charge in [0.2, 0.25) is 9.84 Å². The van der Waals surface area contributed by atoms with Crippen LogP contribution in [-0.2, 0) is 27.6 Å². The number of benzene rings is 1. The molecule has 108 valence electrons. The SMILES string of the molecule is CCc1cc(COC(F)F)cc(S(=O)(=O)C(F)F)c1. The number of hydrogen-bond donors (Lipinski definition) is 0. The monoisotopic (exact) mass is 300 g/mol. The Morgan fingerprint density at radius 2 is 1.68 bits per heavy atom. The van der Waals surface area contributed by atoms with E-state index in [0.29, 0.717) is 12.0 Å². The van der Waals surface area contributed by atoms with Crippen LogP contribution in [0.3, 0.4) is 0 Å². The summed E-state index contributed by atoms with van der Waals surface area (Å²) in [6, 6.07) is 3.46. The van der Waals surface area contributed by atoms with Crippen molar-refractivity contribution in [2.24, 2.45) is 0 Å². The molecule has 0 aliphatic heterocycles. The molecule has 0 unspecified atom stereocenters. The van der Waals surface area contributed by atoms with Crippen LogP contribution in [0.1, 0.15) is 18.1 Å². The second-order valence-corrected chi connectivity index (χ2v) is 5.63. The smallest absolute Gasteiger partial charge is 0.318 e. The summed E-state index contributed by atoms with van der Waals surface area (Å²) in [7, 11) is -4.75. The Balaban J connectivity index is 3.16. The molecule has 19 heavy (non-hydrogen) atoms. The van der Waals surface area contributed by atoms with Gasteiger partial charge >= 0.3 is 12.4 Å². The Labute approximate surface area is 108 Å². The van der Waals surface area contributed by atoms with E-state index in [2.05, 4.69) is 4.74 Å². The molecule has 8 heteroatoms. The van der Waals surface area contributed by atoms with Crippen molar-refractivity contribution >= 4 is 9.84 Å². The zero-order valence-corrected chi connectivity index (χ0v) is 10.8. The molecular weight excluding hydrogens is 288 g/mol. The lowest BCUT2D eigenvalue weighted by atomic mass is 10.1. The zero-order chi connectivity index (χ0) is 14.6. The number of aryl methyl sites for hydroxylation is 1. The molecule has 0 amide bonds. The number of hydrogen-bond acceptors (Lipinski definition) is 3. The fourth-order valence-corrected chi connectivity index (χ4v) is 2.28. The van der Waals surface area contributed by atoms with Crippen molar-refractivity contribution in [3.05, 3.63) is 29.3 Å². The van der Waals surface area contributed by atoms with Gasteiger partial charge in [-0.2, -0.15) is 17.6 Å². The molecule has 1 rings (SSSR count). The molecule has 0 fully saturated rings. The molecular formula is C11H12F4O3S. The van der Waals surface area contributed by atoms with Crippen LogP contribution in [0.4, 0.5) is 17.6 Å². The highest BCUT2D eigenvalue weighted by Gasteiger charge is 2.27. The van der Waals surface area contributed by atoms with Crippen LogP contribution in [0.15, 0.2) is 23.1 Å². The molecule has 3 nitrogen and oxygen atoms in total. The van der Waals surface area contributed by atoms with Crippen molar-refractivity contribution in [1.82, 2.24) is 0 Å². The van der Waals surface area contributed by atoms with Crippen LogP contribution >= 0.6 is 0 Å². The molecule has 1 aromatic rings. The van der Waals surface area contributed by atoms with Crippen molar-refractivity contribution in [1.29, 1.82) is 0 Å². The predicted octanol–water partition coefficient (Wildman–Crippen LogP) is 2.98. The number of alkyl halides is 4. The standard InChI is InChI=1S/C11H12F4O3S/c1-2-7-3-8(6-18-10(12)13)5-9(4-7)19(16,17)11(14)15/h3-5,10-11H,2,6H2,1H3. The summed E-state index contributed by atoms with van der Waals surface area (Å²) in [5, 5.41) is 0. The lowest BCUT2D eigenvalue weighted by Crippen LogP contribution is -2.12. The molecule has 0 N–H and O–H groups in total. The van der Waals surface area contributed by atoms with Crippen molar-refractivity contribution in [3.63, 3.8) is 0 Å². The predicted molar refractivity (Wildman–Crippen MR) is 59.8 cm³/mol. The van der Waals surface area contributed by atoms with E-state index in [-0.39, 0.29) is 5.56 Å². The average molecular weight is 300 g/mol. The quantitative estimate of drug-likeness (QED) is 0.759. The van der Waals surface area contributed by atoms with Gasteiger partial charge in [0.15, 0.2) is 0 Å². The normalized spacial score (nSPS) is 12.4. The second-order valence-electron chi connectivity index (χ2n) is 3.72. The Morgan fingerprint density at radius 1 is 1.11 bits per heavy atom. The highest BCUT2D eigenvalue weighted by Crippen LogP contribution is 2.22. The van der Waals surface area contributed by atoms with Crippen molar-refractivity contribution in [2.45, 2.75) is 37.2 Å². The fraction of sp³-hybridized carbons (Fsp3) is 0.455. The Kier molecular flexibility index (Phi) is 5.30. The Bertz CT molecular complexity index is 529. The van der Waals surface area contributed by atoms with Gasteiger partial charge in [-0.15, -0.1) is 0 Å². The third-order valence-corrected chi connectivity index (χ3v) is 3.74. The highest BCUT2D eigenvalue weighted by atomic mass is 32.2. The maximum Gasteiger partial charge on any atom is 0.345 e. The maximum absolute atomic E-state index is 12.4. The van der Waals surface area contributed by atoms with Crippen LogP contribution < -0.4 is 0 Å². The van der Waals surface area contributed by atoms with Gasteiger partial charge in [0.25, 0.3) is 0 Å². The first-order valence-electron chi connectivity index (χ1n) is 5.32. The lowest BCUT2D eigenvalue weighted by molar-refractivity contribution is -0.137. The van der Waals surface area contributed by atoms with E-state index in [0.717, 1.165) is 12.1 Å². The van der Waals surface area contributed by atoms with Crippen LogP contribution in [-0.4, -0.2) is 20.8 Å². The molecule has 0 heterocycles. The largest absolute Gasteiger partial charge is 0.345 e. The van der Waals surface area contributed by atoms with E-state index in [1.807, 2.05) is 0 Å². The highest BCUT2D eigenvalue weighted by molar-refractivity contribution is 7.91. The molecule has 0 aliphatic carbocycles. The minimum Gasteiger partial charge on any atom is -0.318 e. The molecule has 0 aliphatic rings. The van der Waals surface area contributed by atoms with E-state index >= 15 is 0 Å². The topological polar surface area (TPSA) is 43.4 Å². The van der Waals surface area contributed by atoms with Gasteiger partial charge in [-0.3, -0.25) is 0 Å². The molecule has 0 saturated carbocycles. The van der Waals surface area contributed by atoms with Gasteiger partial charge in [0.05, 0.1) is 11.5 Å². The van der Waals surface area contributed by atoms with Gasteiger partial charge in [-0.25, -0.2) is 8.42 Å². The van der Waals surface area contributed by atoms with E-state index in [1.165, 1.54) is 6.07 Å². The second kappa shape index (κ2) is 6.33. The Morgan fingerprint density at radius 3 is 2.16 bits per heavy atom. The molecule has 0 radical (unpaired) electrons. The number of ether oxygens (including phenoxy) is 1. The fourth-order valence-electron chi connectivity index (χ4n) is 1.44. The van der Waals surface area contributed by atoms with Crippen molar-refractivity contribution in [3.8, 4) is 0 Å². The molecule has 0 aromatic heterocycles. The lowest BCUT2D eigenvalue weighted by Gasteiger charge is -2.09. The molecule has 0 spiro atoms. The summed E-state index contributed by atoms with van der Waals surface area (Å²) in [6.07, 6.45) is 0.383. The molecule has 0 saturated heterocycles. The van der Waals surface area contributed by atoms with Gasteiger partial charge in [-0.1, -0.05) is 13.0 Å². The summed E-state index contributed by atoms with van der Waals surface area (Å²) in [4.78, 5) is -0.588. The summed E-state index contributed by atoms with van der Waals surface area (Å²) in [5.41, 5.74) is 0.563. The molecule has 0 atom stereocenters. The van der Waals surface area contributed by atoms with E-state index < -0.39 is 33.7 Å². The minimum absolute atomic E-state index is 0.110. The summed E-state index contributed by atoms with van der Waals surface area (Å²) < 4.78 is 75.4. The third-order valence-electron chi connectivity index (χ3n) is 2.37. The Hall–Kier alpha value is -1.15. The number of halogens is 4. The first-order valence-corrected chi connectivity index (χ1v) is 6.86. The summed E-state index contributed by atoms with van der Waals surface area (Å²) >= 11 is 0. The number of sulfone groups is 1. The van der Waals surface area contributed by atoms with Gasteiger partial charge in [0, 0.05) is 0 Å². The van der Waals surface area contributed by atoms with Crippen LogP contribution in [0.25, 0.3) is 0 Å². The number of rotatable bonds is 6. The van der Waals surface area contributed by atoms with E-state index in [4.69, 9.17) is 0 Å². The minimum atomic E-state index is -4.75.